The Morgan fingerprint density at radius 3 is 2.82 bits per heavy atom. The van der Waals surface area contributed by atoms with Crippen LogP contribution in [-0.4, -0.2) is 46.0 Å². The summed E-state index contributed by atoms with van der Waals surface area (Å²) in [6.07, 6.45) is 3.20. The number of hydrogen-bond donors (Lipinski definition) is 2. The molecule has 0 bridgehead atoms. The zero-order valence-electron chi connectivity index (χ0n) is 10.7. The maximum absolute atomic E-state index is 11.9. The van der Waals surface area contributed by atoms with Crippen LogP contribution in [0.25, 0.3) is 0 Å². The smallest absolute Gasteiger partial charge is 0.213 e. The highest BCUT2D eigenvalue weighted by atomic mass is 32.2. The molecule has 2 atom stereocenters. The highest BCUT2D eigenvalue weighted by molar-refractivity contribution is 7.89. The molecule has 5 nitrogen and oxygen atoms in total. The number of sulfonamides is 1. The lowest BCUT2D eigenvalue weighted by Gasteiger charge is -2.24. The molecule has 1 aliphatic heterocycles. The molecule has 1 heterocycles. The van der Waals surface area contributed by atoms with Gasteiger partial charge < -0.3 is 10.1 Å². The highest BCUT2D eigenvalue weighted by Gasteiger charge is 2.22. The average Bonchev–Trinajstić information content (AvgIpc) is 2.26. The SMILES string of the molecule is CCOCC(C)NS(=O)(=O)CC1CCCCN1. The van der Waals surface area contributed by atoms with Gasteiger partial charge in [0.25, 0.3) is 0 Å². The summed E-state index contributed by atoms with van der Waals surface area (Å²) in [5, 5.41) is 3.24. The van der Waals surface area contributed by atoms with Crippen molar-refractivity contribution in [3.63, 3.8) is 0 Å². The predicted molar refractivity (Wildman–Crippen MR) is 68.5 cm³/mol. The summed E-state index contributed by atoms with van der Waals surface area (Å²) in [5.74, 6) is 0.170. The third-order valence-corrected chi connectivity index (χ3v) is 4.39. The Kier molecular flexibility index (Phi) is 6.40. The fourth-order valence-electron chi connectivity index (χ4n) is 2.01. The van der Waals surface area contributed by atoms with E-state index in [0.717, 1.165) is 25.8 Å². The monoisotopic (exact) mass is 264 g/mol. The standard InChI is InChI=1S/C11H24N2O3S/c1-3-16-8-10(2)13-17(14,15)9-11-6-4-5-7-12-11/h10-13H,3-9H2,1-2H3. The van der Waals surface area contributed by atoms with Gasteiger partial charge in [-0.15, -0.1) is 0 Å². The van der Waals surface area contributed by atoms with Gasteiger partial charge in [0.15, 0.2) is 0 Å². The van der Waals surface area contributed by atoms with E-state index in [1.807, 2.05) is 13.8 Å². The minimum Gasteiger partial charge on any atom is -0.380 e. The zero-order valence-corrected chi connectivity index (χ0v) is 11.6. The lowest BCUT2D eigenvalue weighted by molar-refractivity contribution is 0.133. The van der Waals surface area contributed by atoms with Gasteiger partial charge in [-0.1, -0.05) is 6.42 Å². The number of hydrogen-bond acceptors (Lipinski definition) is 4. The van der Waals surface area contributed by atoms with Gasteiger partial charge in [0, 0.05) is 18.7 Å². The second kappa shape index (κ2) is 7.31. The third-order valence-electron chi connectivity index (χ3n) is 2.79. The fraction of sp³-hybridized carbons (Fsp3) is 1.00. The molecule has 0 aromatic heterocycles. The first-order chi connectivity index (χ1) is 8.03. The second-order valence-electron chi connectivity index (χ2n) is 4.61. The van der Waals surface area contributed by atoms with Crippen LogP contribution in [0.15, 0.2) is 0 Å². The van der Waals surface area contributed by atoms with Crippen molar-refractivity contribution in [1.29, 1.82) is 0 Å². The van der Waals surface area contributed by atoms with E-state index in [2.05, 4.69) is 10.0 Å². The van der Waals surface area contributed by atoms with Gasteiger partial charge in [-0.2, -0.15) is 0 Å². The number of piperidine rings is 1. The molecule has 102 valence electrons. The van der Waals surface area contributed by atoms with E-state index in [4.69, 9.17) is 4.74 Å². The van der Waals surface area contributed by atoms with Crippen LogP contribution in [0.5, 0.6) is 0 Å². The van der Waals surface area contributed by atoms with Gasteiger partial charge in [0.05, 0.1) is 12.4 Å². The van der Waals surface area contributed by atoms with Crippen molar-refractivity contribution in [2.45, 2.75) is 45.2 Å². The first kappa shape index (κ1) is 14.9. The summed E-state index contributed by atoms with van der Waals surface area (Å²) >= 11 is 0. The summed E-state index contributed by atoms with van der Waals surface area (Å²) in [6.45, 7) is 5.67. The molecule has 0 amide bonds. The van der Waals surface area contributed by atoms with Crippen LogP contribution in [0.1, 0.15) is 33.1 Å². The van der Waals surface area contributed by atoms with Crippen LogP contribution in [0, 0.1) is 0 Å². The van der Waals surface area contributed by atoms with E-state index in [1.54, 1.807) is 0 Å². The van der Waals surface area contributed by atoms with Gasteiger partial charge >= 0.3 is 0 Å². The van der Waals surface area contributed by atoms with Crippen molar-refractivity contribution in [1.82, 2.24) is 10.0 Å². The van der Waals surface area contributed by atoms with Crippen molar-refractivity contribution >= 4 is 10.0 Å². The van der Waals surface area contributed by atoms with E-state index < -0.39 is 10.0 Å². The van der Waals surface area contributed by atoms with Crippen LogP contribution in [0.3, 0.4) is 0 Å². The molecule has 1 fully saturated rings. The third kappa shape index (κ3) is 6.35. The van der Waals surface area contributed by atoms with Crippen LogP contribution in [0.4, 0.5) is 0 Å². The van der Waals surface area contributed by atoms with Gasteiger partial charge in [-0.3, -0.25) is 0 Å². The van der Waals surface area contributed by atoms with Crippen molar-refractivity contribution in [3.8, 4) is 0 Å². The second-order valence-corrected chi connectivity index (χ2v) is 6.41. The Bertz CT molecular complexity index is 300. The normalized spacial score (nSPS) is 23.5. The molecule has 2 unspecified atom stereocenters. The molecule has 6 heteroatoms. The van der Waals surface area contributed by atoms with Crippen molar-refractivity contribution in [3.05, 3.63) is 0 Å². The lowest BCUT2D eigenvalue weighted by atomic mass is 10.1. The first-order valence-electron chi connectivity index (χ1n) is 6.34. The molecule has 0 aromatic carbocycles. The number of ether oxygens (including phenoxy) is 1. The quantitative estimate of drug-likeness (QED) is 0.701. The maximum atomic E-state index is 11.9. The van der Waals surface area contributed by atoms with Crippen LogP contribution >= 0.6 is 0 Å². The predicted octanol–water partition coefficient (Wildman–Crippen LogP) is 0.473. The molecule has 0 aliphatic carbocycles. The summed E-state index contributed by atoms with van der Waals surface area (Å²) in [6, 6.07) is -0.0657. The molecule has 1 rings (SSSR count). The Balaban J connectivity index is 2.33. The topological polar surface area (TPSA) is 67.4 Å². The summed E-state index contributed by atoms with van der Waals surface area (Å²) in [7, 11) is -3.20. The van der Waals surface area contributed by atoms with Crippen LogP contribution in [0.2, 0.25) is 0 Å². The molecule has 2 N–H and O–H groups in total. The van der Waals surface area contributed by atoms with Gasteiger partial charge in [-0.05, 0) is 33.2 Å². The molecular formula is C11H24N2O3S. The minimum atomic E-state index is -3.20. The largest absolute Gasteiger partial charge is 0.380 e. The average molecular weight is 264 g/mol. The summed E-state index contributed by atoms with van der Waals surface area (Å²) in [4.78, 5) is 0. The zero-order chi connectivity index (χ0) is 12.7. The van der Waals surface area contributed by atoms with E-state index in [1.165, 1.54) is 0 Å². The van der Waals surface area contributed by atoms with Crippen molar-refractivity contribution in [2.75, 3.05) is 25.5 Å². The van der Waals surface area contributed by atoms with E-state index in [0.29, 0.717) is 13.2 Å². The molecule has 17 heavy (non-hydrogen) atoms. The first-order valence-corrected chi connectivity index (χ1v) is 8.00. The molecular weight excluding hydrogens is 240 g/mol. The highest BCUT2D eigenvalue weighted by Crippen LogP contribution is 2.08. The lowest BCUT2D eigenvalue weighted by Crippen LogP contribution is -2.45. The summed E-state index contributed by atoms with van der Waals surface area (Å²) < 4.78 is 31.6. The number of nitrogens with one attached hydrogen (secondary N) is 2. The summed E-state index contributed by atoms with van der Waals surface area (Å²) in [5.41, 5.74) is 0. The Hall–Kier alpha value is -0.170. The van der Waals surface area contributed by atoms with Gasteiger partial charge in [-0.25, -0.2) is 13.1 Å². The number of rotatable bonds is 7. The maximum Gasteiger partial charge on any atom is 0.213 e. The Morgan fingerprint density at radius 2 is 2.24 bits per heavy atom. The van der Waals surface area contributed by atoms with Crippen LogP contribution < -0.4 is 10.0 Å². The Labute approximate surface area is 104 Å². The van der Waals surface area contributed by atoms with E-state index in [9.17, 15) is 8.42 Å². The molecule has 0 spiro atoms. The molecule has 0 saturated carbocycles. The van der Waals surface area contributed by atoms with Gasteiger partial charge in [0.2, 0.25) is 10.0 Å². The van der Waals surface area contributed by atoms with E-state index in [-0.39, 0.29) is 17.8 Å². The van der Waals surface area contributed by atoms with Crippen LogP contribution in [-0.2, 0) is 14.8 Å². The van der Waals surface area contributed by atoms with E-state index >= 15 is 0 Å². The molecule has 1 saturated heterocycles. The minimum absolute atomic E-state index is 0.0977. The Morgan fingerprint density at radius 1 is 1.47 bits per heavy atom. The molecule has 0 aromatic rings. The van der Waals surface area contributed by atoms with Crippen molar-refractivity contribution < 1.29 is 13.2 Å². The molecule has 1 aliphatic rings. The fourth-order valence-corrected chi connectivity index (χ4v) is 3.61. The van der Waals surface area contributed by atoms with Gasteiger partial charge in [0.1, 0.15) is 0 Å². The molecule has 0 radical (unpaired) electrons. The van der Waals surface area contributed by atoms with Crippen molar-refractivity contribution in [2.24, 2.45) is 0 Å².